The molecule has 3 nitrogen and oxygen atoms in total. The smallest absolute Gasteiger partial charge is 0.316 e. The second kappa shape index (κ2) is 7.22. The molecular weight excluding hydrogens is 252 g/mol. The number of hydrogen-bond donors (Lipinski definition) is 0. The molecule has 1 aromatic carbocycles. The van der Waals surface area contributed by atoms with Crippen molar-refractivity contribution in [3.63, 3.8) is 0 Å². The van der Waals surface area contributed by atoms with Crippen molar-refractivity contribution in [1.29, 1.82) is 0 Å². The zero-order chi connectivity index (χ0) is 15.2. The van der Waals surface area contributed by atoms with Gasteiger partial charge in [-0.3, -0.25) is 9.59 Å². The maximum atomic E-state index is 12.8. The molecule has 0 fully saturated rings. The number of unbranched alkanes of at least 4 members (excludes halogenated alkanes) is 1. The molecule has 0 amide bonds. The molecule has 0 aromatic heterocycles. The summed E-state index contributed by atoms with van der Waals surface area (Å²) in [6.07, 6.45) is 2.35. The van der Waals surface area contributed by atoms with E-state index in [2.05, 4.69) is 0 Å². The summed E-state index contributed by atoms with van der Waals surface area (Å²) in [6.45, 7) is 5.78. The SMILES string of the molecule is CCCCC(C(=O)OC)C(=O)C(C)(C)c1ccccc1. The number of benzene rings is 1. The minimum atomic E-state index is -0.687. The number of ether oxygens (including phenoxy) is 1. The zero-order valence-electron chi connectivity index (χ0n) is 12.8. The van der Waals surface area contributed by atoms with Gasteiger partial charge in [-0.2, -0.15) is 0 Å². The van der Waals surface area contributed by atoms with Crippen LogP contribution in [0.25, 0.3) is 0 Å². The molecule has 0 heterocycles. The van der Waals surface area contributed by atoms with Gasteiger partial charge in [-0.05, 0) is 25.8 Å². The van der Waals surface area contributed by atoms with Crippen LogP contribution in [0, 0.1) is 5.92 Å². The van der Waals surface area contributed by atoms with E-state index in [1.165, 1.54) is 7.11 Å². The van der Waals surface area contributed by atoms with Gasteiger partial charge in [0.05, 0.1) is 7.11 Å². The highest BCUT2D eigenvalue weighted by Crippen LogP contribution is 2.29. The fourth-order valence-electron chi connectivity index (χ4n) is 2.34. The molecule has 0 saturated carbocycles. The maximum Gasteiger partial charge on any atom is 0.316 e. The van der Waals surface area contributed by atoms with Crippen molar-refractivity contribution in [1.82, 2.24) is 0 Å². The minimum Gasteiger partial charge on any atom is -0.468 e. The van der Waals surface area contributed by atoms with Crippen LogP contribution in [0.4, 0.5) is 0 Å². The van der Waals surface area contributed by atoms with Crippen LogP contribution < -0.4 is 0 Å². The Morgan fingerprint density at radius 1 is 1.20 bits per heavy atom. The first-order valence-electron chi connectivity index (χ1n) is 7.12. The highest BCUT2D eigenvalue weighted by atomic mass is 16.5. The lowest BCUT2D eigenvalue weighted by molar-refractivity contribution is -0.151. The molecule has 0 saturated heterocycles. The molecular formula is C17H24O3. The van der Waals surface area contributed by atoms with E-state index < -0.39 is 17.3 Å². The molecule has 0 spiro atoms. The number of rotatable bonds is 7. The van der Waals surface area contributed by atoms with Gasteiger partial charge in [0.1, 0.15) is 5.92 Å². The Hall–Kier alpha value is -1.64. The van der Waals surface area contributed by atoms with E-state index in [-0.39, 0.29) is 5.78 Å². The summed E-state index contributed by atoms with van der Waals surface area (Å²) in [5.74, 6) is -1.16. The Balaban J connectivity index is 3.01. The third kappa shape index (κ3) is 3.69. The number of ketones is 1. The quantitative estimate of drug-likeness (QED) is 0.565. The van der Waals surface area contributed by atoms with Crippen LogP contribution in [0.5, 0.6) is 0 Å². The van der Waals surface area contributed by atoms with Gasteiger partial charge < -0.3 is 4.74 Å². The predicted octanol–water partition coefficient (Wildman–Crippen LogP) is 3.51. The van der Waals surface area contributed by atoms with E-state index in [0.717, 1.165) is 18.4 Å². The molecule has 1 atom stereocenters. The fraction of sp³-hybridized carbons (Fsp3) is 0.529. The molecule has 1 aromatic rings. The molecule has 0 bridgehead atoms. The first-order chi connectivity index (χ1) is 9.45. The van der Waals surface area contributed by atoms with E-state index in [4.69, 9.17) is 4.74 Å². The van der Waals surface area contributed by atoms with Crippen LogP contribution >= 0.6 is 0 Å². The van der Waals surface area contributed by atoms with E-state index in [0.29, 0.717) is 6.42 Å². The van der Waals surface area contributed by atoms with Gasteiger partial charge >= 0.3 is 5.97 Å². The van der Waals surface area contributed by atoms with E-state index in [1.54, 1.807) is 0 Å². The van der Waals surface area contributed by atoms with Crippen LogP contribution in [0.3, 0.4) is 0 Å². The van der Waals surface area contributed by atoms with Gasteiger partial charge in [0.2, 0.25) is 0 Å². The molecule has 3 heteroatoms. The Morgan fingerprint density at radius 2 is 1.80 bits per heavy atom. The lowest BCUT2D eigenvalue weighted by Crippen LogP contribution is -2.39. The average Bonchev–Trinajstić information content (AvgIpc) is 2.47. The number of esters is 1. The molecule has 20 heavy (non-hydrogen) atoms. The molecule has 0 aliphatic rings. The first kappa shape index (κ1) is 16.4. The molecule has 0 aliphatic heterocycles. The van der Waals surface area contributed by atoms with Crippen LogP contribution in [0.1, 0.15) is 45.6 Å². The Morgan fingerprint density at radius 3 is 2.30 bits per heavy atom. The van der Waals surface area contributed by atoms with Crippen LogP contribution in [-0.2, 0) is 19.7 Å². The Bertz CT molecular complexity index is 449. The lowest BCUT2D eigenvalue weighted by Gasteiger charge is -2.27. The van der Waals surface area contributed by atoms with Crippen molar-refractivity contribution in [2.45, 2.75) is 45.4 Å². The Kier molecular flexibility index (Phi) is 5.93. The van der Waals surface area contributed by atoms with Crippen LogP contribution in [0.2, 0.25) is 0 Å². The Labute approximate surface area is 121 Å². The monoisotopic (exact) mass is 276 g/mol. The summed E-state index contributed by atoms with van der Waals surface area (Å²) >= 11 is 0. The molecule has 1 rings (SSSR count). The van der Waals surface area contributed by atoms with E-state index >= 15 is 0 Å². The molecule has 0 aliphatic carbocycles. The van der Waals surface area contributed by atoms with Gasteiger partial charge in [-0.15, -0.1) is 0 Å². The summed E-state index contributed by atoms with van der Waals surface area (Å²) in [4.78, 5) is 24.7. The van der Waals surface area contributed by atoms with Crippen molar-refractivity contribution in [2.24, 2.45) is 5.92 Å². The summed E-state index contributed by atoms with van der Waals surface area (Å²) in [5, 5.41) is 0. The standard InChI is InChI=1S/C17H24O3/c1-5-6-12-14(16(19)20-4)15(18)17(2,3)13-10-8-7-9-11-13/h7-11,14H,5-6,12H2,1-4H3. The number of hydrogen-bond acceptors (Lipinski definition) is 3. The summed E-state index contributed by atoms with van der Waals surface area (Å²) < 4.78 is 4.80. The second-order valence-corrected chi connectivity index (χ2v) is 5.57. The van der Waals surface area contributed by atoms with Gasteiger partial charge in [-0.25, -0.2) is 0 Å². The van der Waals surface area contributed by atoms with Gasteiger partial charge in [0, 0.05) is 5.41 Å². The van der Waals surface area contributed by atoms with Crippen molar-refractivity contribution in [3.8, 4) is 0 Å². The molecule has 110 valence electrons. The highest BCUT2D eigenvalue weighted by molar-refractivity contribution is 6.04. The summed E-state index contributed by atoms with van der Waals surface area (Å²) in [5.41, 5.74) is 0.240. The van der Waals surface area contributed by atoms with Gasteiger partial charge in [0.15, 0.2) is 5.78 Å². The summed E-state index contributed by atoms with van der Waals surface area (Å²) in [6, 6.07) is 9.57. The summed E-state index contributed by atoms with van der Waals surface area (Å²) in [7, 11) is 1.34. The fourth-order valence-corrected chi connectivity index (χ4v) is 2.34. The van der Waals surface area contributed by atoms with Crippen molar-refractivity contribution in [3.05, 3.63) is 35.9 Å². The van der Waals surface area contributed by atoms with E-state index in [9.17, 15) is 9.59 Å². The highest BCUT2D eigenvalue weighted by Gasteiger charge is 2.38. The predicted molar refractivity (Wildman–Crippen MR) is 79.5 cm³/mol. The number of carbonyl (C=O) groups is 2. The third-order valence-electron chi connectivity index (χ3n) is 3.76. The van der Waals surface area contributed by atoms with Crippen molar-refractivity contribution >= 4 is 11.8 Å². The van der Waals surface area contributed by atoms with Crippen molar-refractivity contribution in [2.75, 3.05) is 7.11 Å². The van der Waals surface area contributed by atoms with Crippen LogP contribution in [-0.4, -0.2) is 18.9 Å². The average molecular weight is 276 g/mol. The topological polar surface area (TPSA) is 43.4 Å². The second-order valence-electron chi connectivity index (χ2n) is 5.57. The van der Waals surface area contributed by atoms with E-state index in [1.807, 2.05) is 51.1 Å². The number of methoxy groups -OCH3 is 1. The largest absolute Gasteiger partial charge is 0.468 e. The number of Topliss-reactive ketones (excluding diaryl/α,β-unsaturated/α-hetero) is 1. The molecule has 0 N–H and O–H groups in total. The normalized spacial score (nSPS) is 12.8. The molecule has 0 radical (unpaired) electrons. The van der Waals surface area contributed by atoms with Gasteiger partial charge in [-0.1, -0.05) is 50.1 Å². The first-order valence-corrected chi connectivity index (χ1v) is 7.12. The zero-order valence-corrected chi connectivity index (χ0v) is 12.8. The van der Waals surface area contributed by atoms with Crippen molar-refractivity contribution < 1.29 is 14.3 Å². The van der Waals surface area contributed by atoms with Gasteiger partial charge in [0.25, 0.3) is 0 Å². The van der Waals surface area contributed by atoms with Crippen LogP contribution in [0.15, 0.2) is 30.3 Å². The third-order valence-corrected chi connectivity index (χ3v) is 3.76. The maximum absolute atomic E-state index is 12.8. The molecule has 1 unspecified atom stereocenters. The minimum absolute atomic E-state index is 0.0657. The lowest BCUT2D eigenvalue weighted by atomic mass is 9.74. The number of carbonyl (C=O) groups excluding carboxylic acids is 2.